The number of benzene rings is 1. The van der Waals surface area contributed by atoms with Gasteiger partial charge in [0.1, 0.15) is 11.8 Å². The standard InChI is InChI=1S/C15H26N2O3/c1-4-11-20-13-10-8-7-9-12(13)14(17-16)15(18-5-2)19-6-3/h7-10,14-15,17H,4-6,11,16H2,1-3H3. The summed E-state index contributed by atoms with van der Waals surface area (Å²) in [4.78, 5) is 0. The van der Waals surface area contributed by atoms with E-state index in [0.29, 0.717) is 19.8 Å². The topological polar surface area (TPSA) is 65.7 Å². The molecule has 0 aromatic heterocycles. The summed E-state index contributed by atoms with van der Waals surface area (Å²) < 4.78 is 17.0. The lowest BCUT2D eigenvalue weighted by atomic mass is 10.1. The molecule has 0 amide bonds. The average molecular weight is 282 g/mol. The highest BCUT2D eigenvalue weighted by Crippen LogP contribution is 2.28. The normalized spacial score (nSPS) is 12.7. The minimum absolute atomic E-state index is 0.275. The van der Waals surface area contributed by atoms with Crippen LogP contribution in [0.25, 0.3) is 0 Å². The van der Waals surface area contributed by atoms with E-state index in [4.69, 9.17) is 20.1 Å². The molecule has 0 spiro atoms. The van der Waals surface area contributed by atoms with Crippen LogP contribution in [0.1, 0.15) is 38.8 Å². The number of ether oxygens (including phenoxy) is 3. The highest BCUT2D eigenvalue weighted by Gasteiger charge is 2.25. The molecule has 1 aromatic carbocycles. The van der Waals surface area contributed by atoms with Crippen molar-refractivity contribution < 1.29 is 14.2 Å². The third-order valence-corrected chi connectivity index (χ3v) is 2.83. The Morgan fingerprint density at radius 1 is 1.10 bits per heavy atom. The van der Waals surface area contributed by atoms with Gasteiger partial charge in [-0.1, -0.05) is 25.1 Å². The Labute approximate surface area is 121 Å². The second-order valence-corrected chi connectivity index (χ2v) is 4.31. The van der Waals surface area contributed by atoms with Crippen LogP contribution in [0.4, 0.5) is 0 Å². The summed E-state index contributed by atoms with van der Waals surface area (Å²) in [7, 11) is 0. The van der Waals surface area contributed by atoms with Crippen molar-refractivity contribution in [2.24, 2.45) is 5.84 Å². The Bertz CT molecular complexity index is 368. The van der Waals surface area contributed by atoms with E-state index in [2.05, 4.69) is 12.3 Å². The Morgan fingerprint density at radius 2 is 1.75 bits per heavy atom. The van der Waals surface area contributed by atoms with Gasteiger partial charge in [-0.05, 0) is 26.3 Å². The fraction of sp³-hybridized carbons (Fsp3) is 0.600. The SMILES string of the molecule is CCCOc1ccccc1C(NN)C(OCC)OCC. The van der Waals surface area contributed by atoms with Crippen molar-refractivity contribution in [3.63, 3.8) is 0 Å². The lowest BCUT2D eigenvalue weighted by Gasteiger charge is -2.27. The predicted octanol–water partition coefficient (Wildman–Crippen LogP) is 2.38. The van der Waals surface area contributed by atoms with Crippen molar-refractivity contribution in [2.75, 3.05) is 19.8 Å². The Hall–Kier alpha value is -1.14. The summed E-state index contributed by atoms with van der Waals surface area (Å²) in [6, 6.07) is 7.53. The van der Waals surface area contributed by atoms with E-state index in [9.17, 15) is 0 Å². The number of nitrogens with one attached hydrogen (secondary N) is 1. The number of hydrogen-bond donors (Lipinski definition) is 2. The molecule has 1 aromatic rings. The third kappa shape index (κ3) is 4.76. The summed E-state index contributed by atoms with van der Waals surface area (Å²) >= 11 is 0. The Balaban J connectivity index is 2.96. The van der Waals surface area contributed by atoms with Crippen LogP contribution in [0.2, 0.25) is 0 Å². The maximum absolute atomic E-state index is 5.77. The second kappa shape index (κ2) is 9.72. The van der Waals surface area contributed by atoms with Gasteiger partial charge < -0.3 is 14.2 Å². The van der Waals surface area contributed by atoms with E-state index >= 15 is 0 Å². The van der Waals surface area contributed by atoms with Crippen LogP contribution >= 0.6 is 0 Å². The lowest BCUT2D eigenvalue weighted by Crippen LogP contribution is -2.39. The van der Waals surface area contributed by atoms with Gasteiger partial charge in [0.2, 0.25) is 0 Å². The smallest absolute Gasteiger partial charge is 0.178 e. The van der Waals surface area contributed by atoms with Crippen LogP contribution in [0.3, 0.4) is 0 Å². The minimum atomic E-state index is -0.443. The van der Waals surface area contributed by atoms with Crippen molar-refractivity contribution in [3.05, 3.63) is 29.8 Å². The number of hydrogen-bond acceptors (Lipinski definition) is 5. The van der Waals surface area contributed by atoms with Gasteiger partial charge in [-0.3, -0.25) is 5.84 Å². The fourth-order valence-electron chi connectivity index (χ4n) is 1.96. The molecule has 0 bridgehead atoms. The molecule has 5 nitrogen and oxygen atoms in total. The van der Waals surface area contributed by atoms with Crippen molar-refractivity contribution in [1.82, 2.24) is 5.43 Å². The van der Waals surface area contributed by atoms with Crippen LogP contribution in [0.15, 0.2) is 24.3 Å². The summed E-state index contributed by atoms with van der Waals surface area (Å²) in [5, 5.41) is 0. The maximum Gasteiger partial charge on any atom is 0.178 e. The molecule has 0 heterocycles. The fourth-order valence-corrected chi connectivity index (χ4v) is 1.96. The molecule has 0 fully saturated rings. The van der Waals surface area contributed by atoms with Crippen LogP contribution in [-0.4, -0.2) is 26.1 Å². The van der Waals surface area contributed by atoms with E-state index in [1.54, 1.807) is 0 Å². The Morgan fingerprint density at radius 3 is 2.30 bits per heavy atom. The number of rotatable bonds is 10. The van der Waals surface area contributed by atoms with Crippen LogP contribution < -0.4 is 16.0 Å². The first-order valence-corrected chi connectivity index (χ1v) is 7.19. The molecule has 0 saturated carbocycles. The van der Waals surface area contributed by atoms with Gasteiger partial charge in [-0.25, -0.2) is 5.43 Å². The predicted molar refractivity (Wildman–Crippen MR) is 79.3 cm³/mol. The third-order valence-electron chi connectivity index (χ3n) is 2.83. The molecule has 3 N–H and O–H groups in total. The van der Waals surface area contributed by atoms with Crippen LogP contribution in [0, 0.1) is 0 Å². The zero-order valence-corrected chi connectivity index (χ0v) is 12.6. The van der Waals surface area contributed by atoms with Crippen molar-refractivity contribution in [3.8, 4) is 5.75 Å². The highest BCUT2D eigenvalue weighted by molar-refractivity contribution is 5.36. The first kappa shape index (κ1) is 16.9. The van der Waals surface area contributed by atoms with E-state index in [0.717, 1.165) is 17.7 Å². The lowest BCUT2D eigenvalue weighted by molar-refractivity contribution is -0.155. The average Bonchev–Trinajstić information content (AvgIpc) is 2.47. The monoisotopic (exact) mass is 282 g/mol. The molecule has 0 saturated heterocycles. The zero-order valence-electron chi connectivity index (χ0n) is 12.6. The number of para-hydroxylation sites is 1. The molecule has 1 atom stereocenters. The minimum Gasteiger partial charge on any atom is -0.493 e. The van der Waals surface area contributed by atoms with Crippen molar-refractivity contribution in [2.45, 2.75) is 39.5 Å². The van der Waals surface area contributed by atoms with Gasteiger partial charge in [-0.2, -0.15) is 0 Å². The van der Waals surface area contributed by atoms with Gasteiger partial charge in [0.25, 0.3) is 0 Å². The van der Waals surface area contributed by atoms with Gasteiger partial charge in [-0.15, -0.1) is 0 Å². The molecule has 0 aliphatic heterocycles. The molecule has 1 rings (SSSR count). The van der Waals surface area contributed by atoms with E-state index in [1.165, 1.54) is 0 Å². The summed E-state index contributed by atoms with van der Waals surface area (Å²) in [5.41, 5.74) is 3.72. The summed E-state index contributed by atoms with van der Waals surface area (Å²) in [5.74, 6) is 6.51. The summed E-state index contributed by atoms with van der Waals surface area (Å²) in [6.07, 6.45) is 0.511. The molecule has 0 aliphatic carbocycles. The van der Waals surface area contributed by atoms with Gasteiger partial charge in [0.15, 0.2) is 6.29 Å². The maximum atomic E-state index is 5.77. The number of hydrazine groups is 1. The molecule has 5 heteroatoms. The molecular weight excluding hydrogens is 256 g/mol. The van der Waals surface area contributed by atoms with E-state index < -0.39 is 6.29 Å². The molecule has 114 valence electrons. The van der Waals surface area contributed by atoms with Crippen LogP contribution in [-0.2, 0) is 9.47 Å². The van der Waals surface area contributed by atoms with Gasteiger partial charge in [0, 0.05) is 18.8 Å². The zero-order chi connectivity index (χ0) is 14.8. The van der Waals surface area contributed by atoms with E-state index in [-0.39, 0.29) is 6.04 Å². The van der Waals surface area contributed by atoms with Crippen molar-refractivity contribution in [1.29, 1.82) is 0 Å². The first-order chi connectivity index (χ1) is 9.78. The number of nitrogens with two attached hydrogens (primary N) is 1. The quantitative estimate of drug-likeness (QED) is 0.392. The van der Waals surface area contributed by atoms with Gasteiger partial charge >= 0.3 is 0 Å². The molecule has 20 heavy (non-hydrogen) atoms. The Kier molecular flexibility index (Phi) is 8.22. The van der Waals surface area contributed by atoms with E-state index in [1.807, 2.05) is 38.1 Å². The van der Waals surface area contributed by atoms with Crippen molar-refractivity contribution >= 4 is 0 Å². The highest BCUT2D eigenvalue weighted by atomic mass is 16.7. The molecule has 0 radical (unpaired) electrons. The summed E-state index contributed by atoms with van der Waals surface area (Å²) in [6.45, 7) is 7.71. The first-order valence-electron chi connectivity index (χ1n) is 7.19. The van der Waals surface area contributed by atoms with Crippen LogP contribution in [0.5, 0.6) is 5.75 Å². The molecule has 0 aliphatic rings. The molecular formula is C15H26N2O3. The molecule has 1 unspecified atom stereocenters. The van der Waals surface area contributed by atoms with Gasteiger partial charge in [0.05, 0.1) is 6.61 Å². The second-order valence-electron chi connectivity index (χ2n) is 4.31. The largest absolute Gasteiger partial charge is 0.493 e.